The van der Waals surface area contributed by atoms with Crippen molar-refractivity contribution in [3.63, 3.8) is 0 Å². The number of nitro groups is 1. The molecule has 0 saturated carbocycles. The fourth-order valence-corrected chi connectivity index (χ4v) is 5.53. The molecule has 0 aliphatic carbocycles. The molecule has 0 spiro atoms. The molecule has 0 bridgehead atoms. The molecule has 4 aromatic rings. The van der Waals surface area contributed by atoms with Gasteiger partial charge in [0.2, 0.25) is 5.91 Å². The summed E-state index contributed by atoms with van der Waals surface area (Å²) in [7, 11) is 0. The van der Waals surface area contributed by atoms with Crippen molar-refractivity contribution in [2.75, 3.05) is 16.0 Å². The molecule has 4 aromatic carbocycles. The first kappa shape index (κ1) is 31.6. The van der Waals surface area contributed by atoms with Gasteiger partial charge in [-0.25, -0.2) is 0 Å². The lowest BCUT2D eigenvalue weighted by Crippen LogP contribution is -2.22. The van der Waals surface area contributed by atoms with Gasteiger partial charge in [-0.15, -0.1) is 0 Å². The molecular weight excluding hydrogens is 677 g/mol. The fraction of sp³-hybridized carbons (Fsp3) is 0.0333. The Hall–Kier alpha value is -4.34. The van der Waals surface area contributed by atoms with E-state index < -0.39 is 22.0 Å². The Morgan fingerprint density at radius 2 is 1.44 bits per heavy atom. The number of rotatable bonds is 10. The van der Waals surface area contributed by atoms with Gasteiger partial charge in [-0.2, -0.15) is 5.26 Å². The van der Waals surface area contributed by atoms with Crippen molar-refractivity contribution < 1.29 is 14.5 Å². The van der Waals surface area contributed by atoms with Gasteiger partial charge in [-0.05, 0) is 76.1 Å². The first-order valence-corrected chi connectivity index (χ1v) is 14.8. The number of carbonyl (C=O) groups is 2. The number of nitrogens with one attached hydrogen (secondary N) is 3. The zero-order valence-corrected chi connectivity index (χ0v) is 25.8. The predicted octanol–water partition coefficient (Wildman–Crippen LogP) is 8.56. The number of nitriles is 1. The molecule has 3 N–H and O–H groups in total. The molecule has 0 aliphatic rings. The van der Waals surface area contributed by atoms with Crippen LogP contribution in [0, 0.1) is 21.4 Å². The van der Waals surface area contributed by atoms with Crippen molar-refractivity contribution in [1.82, 2.24) is 0 Å². The number of nitro benzene ring substituents is 1. The van der Waals surface area contributed by atoms with E-state index in [1.807, 2.05) is 6.07 Å². The first-order chi connectivity index (χ1) is 20.6. The van der Waals surface area contributed by atoms with Gasteiger partial charge >= 0.3 is 0 Å². The summed E-state index contributed by atoms with van der Waals surface area (Å²) in [6.07, 6.45) is 0. The van der Waals surface area contributed by atoms with Crippen LogP contribution in [0.1, 0.15) is 10.8 Å². The number of hydrogen-bond acceptors (Lipinski definition) is 7. The first-order valence-electron chi connectivity index (χ1n) is 12.3. The lowest BCUT2D eigenvalue weighted by Gasteiger charge is -2.21. The zero-order valence-electron chi connectivity index (χ0n) is 21.9. The molecule has 1 unspecified atom stereocenters. The zero-order chi connectivity index (χ0) is 30.9. The number of nitrogens with zero attached hydrogens (tertiary/aromatic N) is 2. The Balaban J connectivity index is 1.74. The lowest BCUT2D eigenvalue weighted by atomic mass is 10.1. The molecule has 43 heavy (non-hydrogen) atoms. The van der Waals surface area contributed by atoms with Crippen LogP contribution in [0.5, 0.6) is 0 Å². The minimum absolute atomic E-state index is 0.100. The number of benzene rings is 4. The lowest BCUT2D eigenvalue weighted by molar-refractivity contribution is -0.384. The van der Waals surface area contributed by atoms with Crippen molar-refractivity contribution in [2.45, 2.75) is 5.25 Å². The molecule has 216 valence electrons. The second kappa shape index (κ2) is 14.7. The summed E-state index contributed by atoms with van der Waals surface area (Å²) in [6, 6.07) is 27.7. The number of halogens is 3. The molecule has 9 nitrogen and oxygen atoms in total. The number of anilines is 3. The van der Waals surface area contributed by atoms with Gasteiger partial charge in [0.05, 0.1) is 15.6 Å². The minimum atomic E-state index is -0.968. The smallest absolute Gasteiger partial charge is 0.270 e. The highest BCUT2D eigenvalue weighted by Crippen LogP contribution is 2.39. The number of hydrogen-bond donors (Lipinski definition) is 3. The summed E-state index contributed by atoms with van der Waals surface area (Å²) in [6.45, 7) is 0. The maximum absolute atomic E-state index is 13.8. The summed E-state index contributed by atoms with van der Waals surface area (Å²) in [5.74, 6) is -1.21. The number of thioether (sulfide) groups is 1. The summed E-state index contributed by atoms with van der Waals surface area (Å²) in [4.78, 5) is 37.7. The summed E-state index contributed by atoms with van der Waals surface area (Å²) < 4.78 is 0.307. The van der Waals surface area contributed by atoms with E-state index in [9.17, 15) is 25.0 Å². The number of amides is 2. The molecule has 4 rings (SSSR count). The average Bonchev–Trinajstić information content (AvgIpc) is 2.99. The van der Waals surface area contributed by atoms with E-state index in [0.29, 0.717) is 37.1 Å². The Morgan fingerprint density at radius 1 is 0.860 bits per heavy atom. The van der Waals surface area contributed by atoms with Crippen LogP contribution in [0.25, 0.3) is 0 Å². The SMILES string of the molecule is N#CC(C(=O)Nc1ccc(Cl)cc1)=C(Nc1ccc(Cl)cc1)SC(C(=O)Nc1ccc([N+](=O)[O-])cc1Br)c1ccccc1. The van der Waals surface area contributed by atoms with Crippen molar-refractivity contribution in [3.05, 3.63) is 138 Å². The summed E-state index contributed by atoms with van der Waals surface area (Å²) in [5.41, 5.74) is 1.38. The number of carbonyl (C=O) groups excluding carboxylic acids is 2. The maximum Gasteiger partial charge on any atom is 0.270 e. The molecule has 0 aromatic heterocycles. The topological polar surface area (TPSA) is 137 Å². The fourth-order valence-electron chi connectivity index (χ4n) is 3.68. The maximum atomic E-state index is 13.8. The molecule has 0 heterocycles. The Labute approximate surface area is 269 Å². The van der Waals surface area contributed by atoms with Crippen LogP contribution in [0.3, 0.4) is 0 Å². The van der Waals surface area contributed by atoms with Gasteiger partial charge in [0.15, 0.2) is 0 Å². The van der Waals surface area contributed by atoms with Crippen molar-refractivity contribution in [2.24, 2.45) is 0 Å². The molecular formula is C30H20BrCl2N5O4S. The van der Waals surface area contributed by atoms with Crippen molar-refractivity contribution in [3.8, 4) is 6.07 Å². The van der Waals surface area contributed by atoms with E-state index in [0.717, 1.165) is 11.8 Å². The van der Waals surface area contributed by atoms with E-state index in [-0.39, 0.29) is 16.3 Å². The molecule has 13 heteroatoms. The van der Waals surface area contributed by atoms with Crippen molar-refractivity contribution in [1.29, 1.82) is 5.26 Å². The van der Waals surface area contributed by atoms with Gasteiger partial charge in [0.25, 0.3) is 11.6 Å². The largest absolute Gasteiger partial charge is 0.349 e. The Kier molecular flexibility index (Phi) is 10.8. The highest BCUT2D eigenvalue weighted by molar-refractivity contribution is 9.10. The van der Waals surface area contributed by atoms with Crippen LogP contribution in [0.2, 0.25) is 10.0 Å². The summed E-state index contributed by atoms with van der Waals surface area (Å²) >= 11 is 16.2. The average molecular weight is 697 g/mol. The molecule has 2 amide bonds. The Morgan fingerprint density at radius 3 is 1.98 bits per heavy atom. The van der Waals surface area contributed by atoms with Crippen molar-refractivity contribution >= 4 is 85.5 Å². The standard InChI is InChI=1S/C30H20BrCl2N5O4S/c31-25-16-23(38(41)42)14-15-26(25)37-29(40)27(18-4-2-1-3-5-18)43-30(36-22-12-8-20(33)9-13-22)24(17-34)28(39)35-21-10-6-19(32)7-11-21/h1-16,27,36H,(H,35,39)(H,37,40). The third-order valence-corrected chi connectivity index (χ3v) is 8.19. The molecule has 1 atom stereocenters. The van der Waals surface area contributed by atoms with Crippen LogP contribution in [-0.2, 0) is 9.59 Å². The van der Waals surface area contributed by atoms with Gasteiger partial charge in [-0.3, -0.25) is 19.7 Å². The highest BCUT2D eigenvalue weighted by Gasteiger charge is 2.28. The molecule has 0 fully saturated rings. The predicted molar refractivity (Wildman–Crippen MR) is 174 cm³/mol. The van der Waals surface area contributed by atoms with E-state index in [1.165, 1.54) is 18.2 Å². The van der Waals surface area contributed by atoms with Gasteiger partial charge < -0.3 is 16.0 Å². The van der Waals surface area contributed by atoms with E-state index in [4.69, 9.17) is 23.2 Å². The van der Waals surface area contributed by atoms with E-state index in [1.54, 1.807) is 78.9 Å². The third kappa shape index (κ3) is 8.59. The van der Waals surface area contributed by atoms with Gasteiger partial charge in [-0.1, -0.05) is 65.3 Å². The van der Waals surface area contributed by atoms with E-state index >= 15 is 0 Å². The normalized spacial score (nSPS) is 11.9. The van der Waals surface area contributed by atoms with Crippen LogP contribution in [0.15, 0.2) is 112 Å². The van der Waals surface area contributed by atoms with E-state index in [2.05, 4.69) is 31.9 Å². The van der Waals surface area contributed by atoms with Crippen LogP contribution < -0.4 is 16.0 Å². The molecule has 0 aliphatic heterocycles. The van der Waals surface area contributed by atoms with Gasteiger partial charge in [0.1, 0.15) is 16.9 Å². The monoisotopic (exact) mass is 695 g/mol. The minimum Gasteiger partial charge on any atom is -0.349 e. The van der Waals surface area contributed by atoms with Crippen LogP contribution in [0.4, 0.5) is 22.7 Å². The van der Waals surface area contributed by atoms with Gasteiger partial charge in [0, 0.05) is 38.0 Å². The molecule has 0 saturated heterocycles. The number of non-ortho nitro benzene ring substituents is 1. The summed E-state index contributed by atoms with van der Waals surface area (Å²) in [5, 5.41) is 30.0. The third-order valence-electron chi connectivity index (χ3n) is 5.77. The quantitative estimate of drug-likeness (QED) is 0.0654. The van der Waals surface area contributed by atoms with Crippen LogP contribution >= 0.6 is 50.9 Å². The van der Waals surface area contributed by atoms with Crippen LogP contribution in [-0.4, -0.2) is 16.7 Å². The second-order valence-electron chi connectivity index (χ2n) is 8.73. The molecule has 0 radical (unpaired) electrons. The second-order valence-corrected chi connectivity index (χ2v) is 11.6. The Bertz CT molecular complexity index is 1730. The highest BCUT2D eigenvalue weighted by atomic mass is 79.9.